The second-order valence-electron chi connectivity index (χ2n) is 5.32. The van der Waals surface area contributed by atoms with Crippen LogP contribution in [0.4, 0.5) is 0 Å². The lowest BCUT2D eigenvalue weighted by Gasteiger charge is -2.23. The first-order valence-electron chi connectivity index (χ1n) is 6.68. The number of hydrogen-bond donors (Lipinski definition) is 0. The molecule has 3 heteroatoms. The van der Waals surface area contributed by atoms with Gasteiger partial charge in [-0.2, -0.15) is 0 Å². The van der Waals surface area contributed by atoms with E-state index in [2.05, 4.69) is 26.8 Å². The van der Waals surface area contributed by atoms with Gasteiger partial charge in [0.1, 0.15) is 17.4 Å². The number of carbonyl (C=O) groups is 1. The molecule has 0 saturated carbocycles. The van der Waals surface area contributed by atoms with E-state index in [0.29, 0.717) is 12.2 Å². The van der Waals surface area contributed by atoms with Gasteiger partial charge in [0.25, 0.3) is 0 Å². The molecule has 0 saturated heterocycles. The Kier molecular flexibility index (Phi) is 3.65. The first kappa shape index (κ1) is 13.7. The van der Waals surface area contributed by atoms with Crippen molar-refractivity contribution in [1.82, 2.24) is 0 Å². The molecule has 3 nitrogen and oxygen atoms in total. The summed E-state index contributed by atoms with van der Waals surface area (Å²) in [5, 5.41) is 0.831. The topological polar surface area (TPSA) is 39.4 Å². The predicted molar refractivity (Wildman–Crippen MR) is 75.5 cm³/mol. The minimum Gasteiger partial charge on any atom is -0.463 e. The van der Waals surface area contributed by atoms with E-state index in [1.54, 1.807) is 6.92 Å². The van der Waals surface area contributed by atoms with E-state index < -0.39 is 0 Å². The Labute approximate surface area is 113 Å². The number of fused-ring (bicyclic) bond motifs is 1. The van der Waals surface area contributed by atoms with E-state index in [0.717, 1.165) is 17.4 Å². The Morgan fingerprint density at radius 3 is 2.68 bits per heavy atom. The molecule has 1 heterocycles. The molecule has 0 unspecified atom stereocenters. The van der Waals surface area contributed by atoms with Crippen LogP contribution in [0.3, 0.4) is 0 Å². The summed E-state index contributed by atoms with van der Waals surface area (Å²) in [4.78, 5) is 11.9. The fraction of sp³-hybridized carbons (Fsp3) is 0.438. The van der Waals surface area contributed by atoms with Crippen LogP contribution in [-0.2, 0) is 10.2 Å². The third kappa shape index (κ3) is 2.50. The molecule has 0 atom stereocenters. The predicted octanol–water partition coefficient (Wildman–Crippen LogP) is 4.30. The lowest BCUT2D eigenvalue weighted by molar-refractivity contribution is 0.0527. The van der Waals surface area contributed by atoms with Crippen molar-refractivity contribution in [2.24, 2.45) is 0 Å². The molecule has 0 radical (unpaired) electrons. The van der Waals surface area contributed by atoms with Gasteiger partial charge in [0, 0.05) is 5.39 Å². The maximum absolute atomic E-state index is 11.9. The largest absolute Gasteiger partial charge is 0.463 e. The summed E-state index contributed by atoms with van der Waals surface area (Å²) in [5.41, 5.74) is 2.51. The van der Waals surface area contributed by atoms with Gasteiger partial charge in [0.2, 0.25) is 0 Å². The summed E-state index contributed by atoms with van der Waals surface area (Å²) in [7, 11) is 0. The highest BCUT2D eigenvalue weighted by Crippen LogP contribution is 2.31. The minimum absolute atomic E-state index is 0.0807. The first-order chi connectivity index (χ1) is 8.99. The maximum atomic E-state index is 11.9. The highest BCUT2D eigenvalue weighted by atomic mass is 16.5. The molecular formula is C16H20O3. The van der Waals surface area contributed by atoms with Crippen molar-refractivity contribution in [3.05, 3.63) is 35.6 Å². The van der Waals surface area contributed by atoms with E-state index in [1.165, 1.54) is 11.8 Å². The SMILES string of the molecule is CCOC(=O)c1coc2ccc(C(C)(C)CC)cc12. The van der Waals surface area contributed by atoms with Crippen LogP contribution in [0.1, 0.15) is 50.0 Å². The molecule has 1 aromatic heterocycles. The number of ether oxygens (including phenoxy) is 1. The molecule has 0 aliphatic heterocycles. The lowest BCUT2D eigenvalue weighted by atomic mass is 9.82. The second kappa shape index (κ2) is 5.08. The third-order valence-electron chi connectivity index (χ3n) is 3.73. The van der Waals surface area contributed by atoms with Gasteiger partial charge in [0.15, 0.2) is 0 Å². The molecule has 0 aliphatic rings. The molecule has 0 spiro atoms. The highest BCUT2D eigenvalue weighted by molar-refractivity contribution is 6.03. The van der Waals surface area contributed by atoms with Gasteiger partial charge in [-0.25, -0.2) is 4.79 Å². The monoisotopic (exact) mass is 260 g/mol. The fourth-order valence-electron chi connectivity index (χ4n) is 2.02. The smallest absolute Gasteiger partial charge is 0.342 e. The fourth-order valence-corrected chi connectivity index (χ4v) is 2.02. The molecule has 1 aromatic carbocycles. The summed E-state index contributed by atoms with van der Waals surface area (Å²) in [6.07, 6.45) is 2.51. The molecule has 0 bridgehead atoms. The van der Waals surface area contributed by atoms with Crippen molar-refractivity contribution in [3.8, 4) is 0 Å². The average molecular weight is 260 g/mol. The van der Waals surface area contributed by atoms with E-state index in [1.807, 2.05) is 12.1 Å². The van der Waals surface area contributed by atoms with Gasteiger partial charge in [-0.1, -0.05) is 26.8 Å². The Morgan fingerprint density at radius 1 is 1.32 bits per heavy atom. The van der Waals surface area contributed by atoms with Crippen LogP contribution in [0.2, 0.25) is 0 Å². The minimum atomic E-state index is -0.326. The molecule has 0 fully saturated rings. The molecule has 2 rings (SSSR count). The lowest BCUT2D eigenvalue weighted by Crippen LogP contribution is -2.15. The molecule has 0 aliphatic carbocycles. The van der Waals surface area contributed by atoms with Crippen LogP contribution in [0.15, 0.2) is 28.9 Å². The quantitative estimate of drug-likeness (QED) is 0.769. The van der Waals surface area contributed by atoms with Crippen LogP contribution < -0.4 is 0 Å². The normalized spacial score (nSPS) is 11.8. The van der Waals surface area contributed by atoms with Crippen molar-refractivity contribution in [2.45, 2.75) is 39.5 Å². The Bertz CT molecular complexity index is 593. The van der Waals surface area contributed by atoms with Crippen LogP contribution in [0, 0.1) is 0 Å². The van der Waals surface area contributed by atoms with Crippen molar-refractivity contribution in [2.75, 3.05) is 6.61 Å². The number of hydrogen-bond acceptors (Lipinski definition) is 3. The summed E-state index contributed by atoms with van der Waals surface area (Å²) >= 11 is 0. The van der Waals surface area contributed by atoms with Crippen LogP contribution in [0.25, 0.3) is 11.0 Å². The zero-order valence-corrected chi connectivity index (χ0v) is 11.9. The zero-order valence-electron chi connectivity index (χ0n) is 11.9. The highest BCUT2D eigenvalue weighted by Gasteiger charge is 2.21. The van der Waals surface area contributed by atoms with Gasteiger partial charge in [-0.3, -0.25) is 0 Å². The molecule has 0 amide bonds. The van der Waals surface area contributed by atoms with E-state index in [-0.39, 0.29) is 11.4 Å². The van der Waals surface area contributed by atoms with Gasteiger partial charge in [0.05, 0.1) is 6.61 Å². The summed E-state index contributed by atoms with van der Waals surface area (Å²) in [5.74, 6) is -0.326. The summed E-state index contributed by atoms with van der Waals surface area (Å²) < 4.78 is 10.5. The maximum Gasteiger partial charge on any atom is 0.342 e. The molecule has 19 heavy (non-hydrogen) atoms. The standard InChI is InChI=1S/C16H20O3/c1-5-16(3,4)11-7-8-14-12(9-11)13(10-19-14)15(17)18-6-2/h7-10H,5-6H2,1-4H3. The van der Waals surface area contributed by atoms with Crippen molar-refractivity contribution >= 4 is 16.9 Å². The Morgan fingerprint density at radius 2 is 2.05 bits per heavy atom. The zero-order chi connectivity index (χ0) is 14.0. The Hall–Kier alpha value is -1.77. The molecular weight excluding hydrogens is 240 g/mol. The van der Waals surface area contributed by atoms with E-state index >= 15 is 0 Å². The van der Waals surface area contributed by atoms with Gasteiger partial charge >= 0.3 is 5.97 Å². The molecule has 102 valence electrons. The van der Waals surface area contributed by atoms with Crippen LogP contribution in [0.5, 0.6) is 0 Å². The Balaban J connectivity index is 2.52. The van der Waals surface area contributed by atoms with Gasteiger partial charge in [-0.05, 0) is 36.5 Å². The van der Waals surface area contributed by atoms with Crippen molar-refractivity contribution < 1.29 is 13.9 Å². The van der Waals surface area contributed by atoms with Crippen molar-refractivity contribution in [1.29, 1.82) is 0 Å². The summed E-state index contributed by atoms with van der Waals surface area (Å²) in [6.45, 7) is 8.71. The van der Waals surface area contributed by atoms with Gasteiger partial charge in [-0.15, -0.1) is 0 Å². The number of furan rings is 1. The van der Waals surface area contributed by atoms with E-state index in [9.17, 15) is 4.79 Å². The average Bonchev–Trinajstić information content (AvgIpc) is 2.81. The number of benzene rings is 1. The number of esters is 1. The summed E-state index contributed by atoms with van der Waals surface area (Å²) in [6, 6.07) is 6.02. The number of carbonyl (C=O) groups excluding carboxylic acids is 1. The number of rotatable bonds is 4. The first-order valence-corrected chi connectivity index (χ1v) is 6.68. The van der Waals surface area contributed by atoms with Crippen molar-refractivity contribution in [3.63, 3.8) is 0 Å². The van der Waals surface area contributed by atoms with E-state index in [4.69, 9.17) is 9.15 Å². The van der Waals surface area contributed by atoms with Crippen LogP contribution >= 0.6 is 0 Å². The molecule has 2 aromatic rings. The second-order valence-corrected chi connectivity index (χ2v) is 5.32. The third-order valence-corrected chi connectivity index (χ3v) is 3.73. The van der Waals surface area contributed by atoms with Crippen LogP contribution in [-0.4, -0.2) is 12.6 Å². The van der Waals surface area contributed by atoms with Gasteiger partial charge < -0.3 is 9.15 Å². The molecule has 0 N–H and O–H groups in total.